The molecule has 0 spiro atoms. The van der Waals surface area contributed by atoms with Gasteiger partial charge in [0.15, 0.2) is 0 Å². The summed E-state index contributed by atoms with van der Waals surface area (Å²) in [5, 5.41) is 6.91. The molecule has 0 radical (unpaired) electrons. The molecule has 1 amide bonds. The topological polar surface area (TPSA) is 73.2 Å². The SMILES string of the molecule is COCCNC(=O)C(=O)c1c(C)nn(-c2ccccc2)c1C. The van der Waals surface area contributed by atoms with Crippen LogP contribution < -0.4 is 5.32 Å². The van der Waals surface area contributed by atoms with E-state index in [0.29, 0.717) is 30.1 Å². The number of aryl methyl sites for hydroxylation is 1. The number of amides is 1. The Labute approximate surface area is 129 Å². The molecular formula is C16H19N3O3. The molecule has 0 saturated heterocycles. The van der Waals surface area contributed by atoms with E-state index in [1.165, 1.54) is 7.11 Å². The lowest BCUT2D eigenvalue weighted by molar-refractivity contribution is -0.117. The first-order valence-electron chi connectivity index (χ1n) is 6.99. The van der Waals surface area contributed by atoms with E-state index in [0.717, 1.165) is 5.69 Å². The monoisotopic (exact) mass is 301 g/mol. The highest BCUT2D eigenvalue weighted by atomic mass is 16.5. The second-order valence-electron chi connectivity index (χ2n) is 4.87. The van der Waals surface area contributed by atoms with Gasteiger partial charge in [0.05, 0.1) is 29.2 Å². The Hall–Kier alpha value is -2.47. The zero-order valence-corrected chi connectivity index (χ0v) is 12.9. The molecule has 116 valence electrons. The fraction of sp³-hybridized carbons (Fsp3) is 0.312. The quantitative estimate of drug-likeness (QED) is 0.498. The Morgan fingerprint density at radius 3 is 2.55 bits per heavy atom. The average molecular weight is 301 g/mol. The van der Waals surface area contributed by atoms with Crippen molar-refractivity contribution < 1.29 is 14.3 Å². The number of ketones is 1. The number of benzene rings is 1. The van der Waals surface area contributed by atoms with E-state index in [2.05, 4.69) is 10.4 Å². The smallest absolute Gasteiger partial charge is 0.292 e. The molecule has 1 aromatic heterocycles. The van der Waals surface area contributed by atoms with Crippen LogP contribution in [-0.2, 0) is 9.53 Å². The van der Waals surface area contributed by atoms with Crippen molar-refractivity contribution in [1.82, 2.24) is 15.1 Å². The molecule has 0 saturated carbocycles. The van der Waals surface area contributed by atoms with Crippen LogP contribution in [0.1, 0.15) is 21.7 Å². The Kier molecular flexibility index (Phi) is 5.06. The van der Waals surface area contributed by atoms with Crippen molar-refractivity contribution in [3.8, 4) is 5.69 Å². The average Bonchev–Trinajstić information content (AvgIpc) is 2.82. The minimum absolute atomic E-state index is 0.298. The van der Waals surface area contributed by atoms with Crippen molar-refractivity contribution in [3.63, 3.8) is 0 Å². The molecule has 1 heterocycles. The Balaban J connectivity index is 2.27. The zero-order valence-electron chi connectivity index (χ0n) is 12.9. The van der Waals surface area contributed by atoms with Gasteiger partial charge >= 0.3 is 0 Å². The summed E-state index contributed by atoms with van der Waals surface area (Å²) in [5.74, 6) is -1.22. The van der Waals surface area contributed by atoms with Gasteiger partial charge in [-0.1, -0.05) is 18.2 Å². The number of hydrogen-bond donors (Lipinski definition) is 1. The van der Waals surface area contributed by atoms with E-state index in [1.807, 2.05) is 30.3 Å². The number of nitrogens with zero attached hydrogens (tertiary/aromatic N) is 2. The second kappa shape index (κ2) is 7.00. The molecule has 0 aliphatic rings. The van der Waals surface area contributed by atoms with E-state index in [4.69, 9.17) is 4.74 Å². The van der Waals surface area contributed by atoms with Crippen LogP contribution >= 0.6 is 0 Å². The number of methoxy groups -OCH3 is 1. The molecule has 0 bridgehead atoms. The summed E-state index contributed by atoms with van der Waals surface area (Å²) in [5.41, 5.74) is 2.38. The molecule has 2 rings (SSSR count). The maximum atomic E-state index is 12.3. The highest BCUT2D eigenvalue weighted by Gasteiger charge is 2.24. The molecule has 6 nitrogen and oxygen atoms in total. The molecule has 0 aliphatic heterocycles. The summed E-state index contributed by atoms with van der Waals surface area (Å²) in [7, 11) is 1.53. The lowest BCUT2D eigenvalue weighted by atomic mass is 10.1. The fourth-order valence-electron chi connectivity index (χ4n) is 2.25. The van der Waals surface area contributed by atoms with Gasteiger partial charge in [-0.15, -0.1) is 0 Å². The van der Waals surface area contributed by atoms with Crippen LogP contribution in [0, 0.1) is 13.8 Å². The van der Waals surface area contributed by atoms with E-state index >= 15 is 0 Å². The van der Waals surface area contributed by atoms with Crippen molar-refractivity contribution in [3.05, 3.63) is 47.3 Å². The normalized spacial score (nSPS) is 10.5. The maximum absolute atomic E-state index is 12.3. The van der Waals surface area contributed by atoms with Gasteiger partial charge in [-0.2, -0.15) is 5.10 Å². The summed E-state index contributed by atoms with van der Waals surface area (Å²) in [6.07, 6.45) is 0. The molecular weight excluding hydrogens is 282 g/mol. The number of rotatable bonds is 6. The van der Waals surface area contributed by atoms with Crippen molar-refractivity contribution in [2.45, 2.75) is 13.8 Å². The van der Waals surface area contributed by atoms with E-state index in [-0.39, 0.29) is 0 Å². The number of para-hydroxylation sites is 1. The Morgan fingerprint density at radius 2 is 1.91 bits per heavy atom. The second-order valence-corrected chi connectivity index (χ2v) is 4.87. The van der Waals surface area contributed by atoms with Gasteiger partial charge in [0.2, 0.25) is 0 Å². The Morgan fingerprint density at radius 1 is 1.23 bits per heavy atom. The standard InChI is InChI=1S/C16H19N3O3/c1-11-14(15(20)16(21)17-9-10-22-3)12(2)19(18-11)13-7-5-4-6-8-13/h4-8H,9-10H2,1-3H3,(H,17,21). The molecule has 1 N–H and O–H groups in total. The van der Waals surface area contributed by atoms with Crippen LogP contribution in [0.3, 0.4) is 0 Å². The van der Waals surface area contributed by atoms with Crippen LogP contribution in [-0.4, -0.2) is 41.7 Å². The molecule has 6 heteroatoms. The molecule has 2 aromatic rings. The lowest BCUT2D eigenvalue weighted by Crippen LogP contribution is -2.33. The van der Waals surface area contributed by atoms with Crippen LogP contribution in [0.25, 0.3) is 5.69 Å². The van der Waals surface area contributed by atoms with Crippen LogP contribution in [0.4, 0.5) is 0 Å². The van der Waals surface area contributed by atoms with Crippen molar-refractivity contribution in [2.24, 2.45) is 0 Å². The number of hydrogen-bond acceptors (Lipinski definition) is 4. The predicted molar refractivity (Wildman–Crippen MR) is 82.3 cm³/mol. The van der Waals surface area contributed by atoms with Gasteiger partial charge < -0.3 is 10.1 Å². The molecule has 0 fully saturated rings. The minimum Gasteiger partial charge on any atom is -0.383 e. The third kappa shape index (κ3) is 3.23. The number of Topliss-reactive ketones (excluding diaryl/α,β-unsaturated/α-hetero) is 1. The number of ether oxygens (including phenoxy) is 1. The van der Waals surface area contributed by atoms with E-state index < -0.39 is 11.7 Å². The van der Waals surface area contributed by atoms with Crippen molar-refractivity contribution in [2.75, 3.05) is 20.3 Å². The molecule has 22 heavy (non-hydrogen) atoms. The number of nitrogens with one attached hydrogen (secondary N) is 1. The summed E-state index contributed by atoms with van der Waals surface area (Å²) < 4.78 is 6.52. The number of aromatic nitrogens is 2. The highest BCUT2D eigenvalue weighted by molar-refractivity contribution is 6.43. The van der Waals surface area contributed by atoms with Gasteiger partial charge in [-0.3, -0.25) is 9.59 Å². The fourth-order valence-corrected chi connectivity index (χ4v) is 2.25. The third-order valence-electron chi connectivity index (χ3n) is 3.32. The number of carbonyl (C=O) groups is 2. The largest absolute Gasteiger partial charge is 0.383 e. The van der Waals surface area contributed by atoms with Gasteiger partial charge in [-0.25, -0.2) is 4.68 Å². The van der Waals surface area contributed by atoms with Gasteiger partial charge in [0.25, 0.3) is 11.7 Å². The summed E-state index contributed by atoms with van der Waals surface area (Å²) >= 11 is 0. The number of carbonyl (C=O) groups excluding carboxylic acids is 2. The highest BCUT2D eigenvalue weighted by Crippen LogP contribution is 2.18. The van der Waals surface area contributed by atoms with Crippen LogP contribution in [0.15, 0.2) is 30.3 Å². The first kappa shape index (κ1) is 15.9. The summed E-state index contributed by atoms with van der Waals surface area (Å²) in [6.45, 7) is 4.16. The third-order valence-corrected chi connectivity index (χ3v) is 3.32. The lowest BCUT2D eigenvalue weighted by Gasteiger charge is -2.05. The van der Waals surface area contributed by atoms with Crippen LogP contribution in [0.5, 0.6) is 0 Å². The van der Waals surface area contributed by atoms with E-state index in [1.54, 1.807) is 18.5 Å². The van der Waals surface area contributed by atoms with Crippen molar-refractivity contribution in [1.29, 1.82) is 0 Å². The first-order valence-corrected chi connectivity index (χ1v) is 6.99. The van der Waals surface area contributed by atoms with Crippen LogP contribution in [0.2, 0.25) is 0 Å². The predicted octanol–water partition coefficient (Wildman–Crippen LogP) is 1.43. The summed E-state index contributed by atoms with van der Waals surface area (Å²) in [4.78, 5) is 24.2. The first-order chi connectivity index (χ1) is 10.6. The van der Waals surface area contributed by atoms with Gasteiger partial charge in [-0.05, 0) is 26.0 Å². The Bertz CT molecular complexity index is 677. The molecule has 0 aliphatic carbocycles. The molecule has 0 atom stereocenters. The summed E-state index contributed by atoms with van der Waals surface area (Å²) in [6, 6.07) is 9.48. The molecule has 1 aromatic carbocycles. The van der Waals surface area contributed by atoms with Gasteiger partial charge in [0, 0.05) is 13.7 Å². The van der Waals surface area contributed by atoms with E-state index in [9.17, 15) is 9.59 Å². The van der Waals surface area contributed by atoms with Gasteiger partial charge in [0.1, 0.15) is 0 Å². The maximum Gasteiger partial charge on any atom is 0.292 e. The van der Waals surface area contributed by atoms with Crippen molar-refractivity contribution >= 4 is 11.7 Å². The molecule has 0 unspecified atom stereocenters. The minimum atomic E-state index is -0.643. The zero-order chi connectivity index (χ0) is 16.1.